The molecule has 112 valence electrons. The Balaban J connectivity index is 2.27. The molecule has 1 aliphatic rings. The predicted molar refractivity (Wildman–Crippen MR) is 60.4 cm³/mol. The van der Waals surface area contributed by atoms with E-state index in [4.69, 9.17) is 0 Å². The SMILES string of the molecule is Cn1nc(OS(=O)(=O)C(F)(F)F)cc1N1CCCC1=O. The first-order chi connectivity index (χ1) is 9.12. The number of carbonyl (C=O) groups is 1. The summed E-state index contributed by atoms with van der Waals surface area (Å²) >= 11 is 0. The highest BCUT2D eigenvalue weighted by Crippen LogP contribution is 2.29. The van der Waals surface area contributed by atoms with Gasteiger partial charge in [-0.1, -0.05) is 0 Å². The average Bonchev–Trinajstić information content (AvgIpc) is 2.82. The summed E-state index contributed by atoms with van der Waals surface area (Å²) in [5.41, 5.74) is -5.53. The Bertz CT molecular complexity index is 637. The van der Waals surface area contributed by atoms with Crippen LogP contribution in [-0.2, 0) is 22.0 Å². The summed E-state index contributed by atoms with van der Waals surface area (Å²) in [6.45, 7) is 0.393. The van der Waals surface area contributed by atoms with Crippen molar-refractivity contribution in [2.45, 2.75) is 18.3 Å². The van der Waals surface area contributed by atoms with E-state index in [2.05, 4.69) is 9.28 Å². The van der Waals surface area contributed by atoms with Crippen molar-refractivity contribution in [3.05, 3.63) is 6.07 Å². The highest BCUT2D eigenvalue weighted by Gasteiger charge is 2.49. The van der Waals surface area contributed by atoms with E-state index in [1.165, 1.54) is 11.9 Å². The molecule has 7 nitrogen and oxygen atoms in total. The molecule has 2 heterocycles. The van der Waals surface area contributed by atoms with Crippen LogP contribution < -0.4 is 9.08 Å². The maximum absolute atomic E-state index is 12.2. The minimum Gasteiger partial charge on any atom is -0.354 e. The molecule has 0 N–H and O–H groups in total. The molecule has 2 rings (SSSR count). The van der Waals surface area contributed by atoms with Gasteiger partial charge in [-0.15, -0.1) is 5.10 Å². The number of rotatable bonds is 3. The topological polar surface area (TPSA) is 81.5 Å². The molecule has 0 aliphatic carbocycles. The Hall–Kier alpha value is -1.78. The number of aryl methyl sites for hydroxylation is 1. The largest absolute Gasteiger partial charge is 0.534 e. The van der Waals surface area contributed by atoms with Gasteiger partial charge in [-0.2, -0.15) is 21.6 Å². The molecule has 0 atom stereocenters. The van der Waals surface area contributed by atoms with Crippen molar-refractivity contribution in [3.63, 3.8) is 0 Å². The maximum Gasteiger partial charge on any atom is 0.534 e. The van der Waals surface area contributed by atoms with E-state index < -0.39 is 21.5 Å². The fourth-order valence-electron chi connectivity index (χ4n) is 1.78. The summed E-state index contributed by atoms with van der Waals surface area (Å²) in [5, 5.41) is 3.51. The number of hydrogen-bond acceptors (Lipinski definition) is 5. The van der Waals surface area contributed by atoms with E-state index >= 15 is 0 Å². The van der Waals surface area contributed by atoms with Gasteiger partial charge in [0.05, 0.1) is 0 Å². The predicted octanol–water partition coefficient (Wildman–Crippen LogP) is 0.775. The molecule has 0 unspecified atom stereocenters. The first-order valence-electron chi connectivity index (χ1n) is 5.47. The third kappa shape index (κ3) is 2.57. The summed E-state index contributed by atoms with van der Waals surface area (Å²) < 4.78 is 63.2. The highest BCUT2D eigenvalue weighted by atomic mass is 32.2. The summed E-state index contributed by atoms with van der Waals surface area (Å²) in [6.07, 6.45) is 0.934. The lowest BCUT2D eigenvalue weighted by Gasteiger charge is -2.14. The Morgan fingerprint density at radius 1 is 1.40 bits per heavy atom. The monoisotopic (exact) mass is 313 g/mol. The molecule has 11 heteroatoms. The first-order valence-corrected chi connectivity index (χ1v) is 6.88. The molecule has 0 saturated carbocycles. The van der Waals surface area contributed by atoms with Crippen LogP contribution in [0.5, 0.6) is 5.88 Å². The zero-order valence-electron chi connectivity index (χ0n) is 10.2. The summed E-state index contributed by atoms with van der Waals surface area (Å²) in [7, 11) is -4.40. The lowest BCUT2D eigenvalue weighted by molar-refractivity contribution is -0.117. The lowest BCUT2D eigenvalue weighted by atomic mass is 10.4. The van der Waals surface area contributed by atoms with Crippen molar-refractivity contribution >= 4 is 21.8 Å². The maximum atomic E-state index is 12.2. The standard InChI is InChI=1S/C9H10F3N3O4S/c1-14-7(15-4-2-3-8(15)16)5-6(13-14)19-20(17,18)9(10,11)12/h5H,2-4H2,1H3. The van der Waals surface area contributed by atoms with Crippen molar-refractivity contribution in [1.82, 2.24) is 9.78 Å². The molecule has 0 radical (unpaired) electrons. The van der Waals surface area contributed by atoms with Gasteiger partial charge >= 0.3 is 15.6 Å². The van der Waals surface area contributed by atoms with Crippen LogP contribution in [0.1, 0.15) is 12.8 Å². The third-order valence-electron chi connectivity index (χ3n) is 2.66. The first kappa shape index (κ1) is 14.6. The van der Waals surface area contributed by atoms with Gasteiger partial charge in [-0.3, -0.25) is 9.69 Å². The number of aromatic nitrogens is 2. The van der Waals surface area contributed by atoms with Gasteiger partial charge in [0.15, 0.2) is 0 Å². The number of alkyl halides is 3. The van der Waals surface area contributed by atoms with Crippen LogP contribution in [0.15, 0.2) is 6.07 Å². The van der Waals surface area contributed by atoms with Crippen LogP contribution in [0.2, 0.25) is 0 Å². The second kappa shape index (κ2) is 4.65. The van der Waals surface area contributed by atoms with E-state index in [9.17, 15) is 26.4 Å². The van der Waals surface area contributed by atoms with Crippen LogP contribution in [-0.4, -0.2) is 36.2 Å². The normalized spacial score (nSPS) is 16.8. The van der Waals surface area contributed by atoms with E-state index in [1.54, 1.807) is 0 Å². The van der Waals surface area contributed by atoms with E-state index in [0.29, 0.717) is 19.4 Å². The second-order valence-corrected chi connectivity index (χ2v) is 5.63. The van der Waals surface area contributed by atoms with E-state index in [0.717, 1.165) is 10.7 Å². The number of carbonyl (C=O) groups excluding carboxylic acids is 1. The molecular formula is C9H10F3N3O4S. The van der Waals surface area contributed by atoms with Gasteiger partial charge in [0.2, 0.25) is 5.91 Å². The molecule has 1 fully saturated rings. The Morgan fingerprint density at radius 3 is 2.55 bits per heavy atom. The van der Waals surface area contributed by atoms with Gasteiger partial charge in [-0.25, -0.2) is 4.68 Å². The summed E-state index contributed by atoms with van der Waals surface area (Å²) in [4.78, 5) is 12.8. The zero-order valence-corrected chi connectivity index (χ0v) is 11.0. The van der Waals surface area contributed by atoms with Crippen molar-refractivity contribution in [2.75, 3.05) is 11.4 Å². The van der Waals surface area contributed by atoms with Crippen LogP contribution in [0, 0.1) is 0 Å². The zero-order chi connectivity index (χ0) is 15.1. The van der Waals surface area contributed by atoms with E-state index in [1.807, 2.05) is 0 Å². The van der Waals surface area contributed by atoms with Crippen LogP contribution >= 0.6 is 0 Å². The third-order valence-corrected chi connectivity index (χ3v) is 3.62. The number of hydrogen-bond donors (Lipinski definition) is 0. The average molecular weight is 313 g/mol. The minimum atomic E-state index is -5.77. The Labute approximate surface area is 112 Å². The number of amides is 1. The summed E-state index contributed by atoms with van der Waals surface area (Å²) in [6, 6.07) is 0.979. The highest BCUT2D eigenvalue weighted by molar-refractivity contribution is 7.87. The van der Waals surface area contributed by atoms with Gasteiger partial charge < -0.3 is 4.18 Å². The van der Waals surface area contributed by atoms with Gasteiger partial charge in [0.25, 0.3) is 5.88 Å². The quantitative estimate of drug-likeness (QED) is 0.608. The van der Waals surface area contributed by atoms with Crippen LogP contribution in [0.3, 0.4) is 0 Å². The van der Waals surface area contributed by atoms with Gasteiger partial charge in [-0.05, 0) is 6.42 Å². The minimum absolute atomic E-state index is 0.180. The molecule has 1 aliphatic heterocycles. The second-order valence-electron chi connectivity index (χ2n) is 4.10. The molecule has 0 aromatic carbocycles. The molecule has 0 spiro atoms. The molecule has 20 heavy (non-hydrogen) atoms. The van der Waals surface area contributed by atoms with E-state index in [-0.39, 0.29) is 11.7 Å². The van der Waals surface area contributed by atoms with Crippen molar-refractivity contribution in [1.29, 1.82) is 0 Å². The fourth-order valence-corrected chi connectivity index (χ4v) is 2.18. The fraction of sp³-hybridized carbons (Fsp3) is 0.556. The Morgan fingerprint density at radius 2 is 2.05 bits per heavy atom. The number of nitrogens with zero attached hydrogens (tertiary/aromatic N) is 3. The molecule has 0 bridgehead atoms. The molecule has 1 saturated heterocycles. The van der Waals surface area contributed by atoms with Gasteiger partial charge in [0.1, 0.15) is 5.82 Å². The number of anilines is 1. The van der Waals surface area contributed by atoms with Gasteiger partial charge in [0, 0.05) is 26.1 Å². The Kier molecular flexibility index (Phi) is 3.40. The van der Waals surface area contributed by atoms with Crippen molar-refractivity contribution < 1.29 is 30.6 Å². The van der Waals surface area contributed by atoms with Crippen LogP contribution in [0.4, 0.5) is 19.0 Å². The molecule has 1 aromatic rings. The molecular weight excluding hydrogens is 303 g/mol. The number of halogens is 3. The molecule has 1 amide bonds. The van der Waals surface area contributed by atoms with Crippen molar-refractivity contribution in [3.8, 4) is 5.88 Å². The van der Waals surface area contributed by atoms with Crippen molar-refractivity contribution in [2.24, 2.45) is 7.05 Å². The smallest absolute Gasteiger partial charge is 0.354 e. The lowest BCUT2D eigenvalue weighted by Crippen LogP contribution is -2.28. The van der Waals surface area contributed by atoms with Crippen LogP contribution in [0.25, 0.3) is 0 Å². The summed E-state index contributed by atoms with van der Waals surface area (Å²) in [5.74, 6) is -0.766. The molecule has 1 aromatic heterocycles.